The summed E-state index contributed by atoms with van der Waals surface area (Å²) in [5.74, 6) is -0.119. The van der Waals surface area contributed by atoms with Crippen molar-refractivity contribution in [1.29, 1.82) is 0 Å². The van der Waals surface area contributed by atoms with Gasteiger partial charge < -0.3 is 10.2 Å². The molecule has 0 fully saturated rings. The zero-order chi connectivity index (χ0) is 26.0. The zero-order valence-electron chi connectivity index (χ0n) is 19.1. The monoisotopic (exact) mass is 525 g/mol. The maximum Gasteiger partial charge on any atom is 0.432 e. The first-order valence-electron chi connectivity index (χ1n) is 10.8. The third-order valence-electron chi connectivity index (χ3n) is 5.70. The number of carbonyl (C=O) groups is 2. The van der Waals surface area contributed by atoms with Crippen LogP contribution in [0.25, 0.3) is 0 Å². The number of sulfone groups is 1. The average Bonchev–Trinajstić information content (AvgIpc) is 2.83. The summed E-state index contributed by atoms with van der Waals surface area (Å²) >= 11 is 0. The normalized spacial score (nSPS) is 21.4. The van der Waals surface area contributed by atoms with Gasteiger partial charge in [0, 0.05) is 5.54 Å². The lowest BCUT2D eigenvalue weighted by atomic mass is 9.91. The molecule has 190 valence electrons. The van der Waals surface area contributed by atoms with Crippen LogP contribution in [0.15, 0.2) is 53.4 Å². The summed E-state index contributed by atoms with van der Waals surface area (Å²) in [6.07, 6.45) is -2.11. The van der Waals surface area contributed by atoms with Gasteiger partial charge in [-0.2, -0.15) is 8.42 Å². The third-order valence-corrected chi connectivity index (χ3v) is 9.05. The molecule has 2 amide bonds. The molecule has 4 N–H and O–H groups in total. The number of nitrogens with one attached hydrogen (secondary N) is 2. The molecule has 13 heteroatoms. The van der Waals surface area contributed by atoms with Crippen LogP contribution in [0.3, 0.4) is 0 Å². The molecule has 3 rings (SSSR count). The Kier molecular flexibility index (Phi) is 7.43. The topological polar surface area (TPSA) is 170 Å². The van der Waals surface area contributed by atoms with E-state index in [1.807, 2.05) is 18.6 Å². The largest absolute Gasteiger partial charge is 0.464 e. The van der Waals surface area contributed by atoms with Crippen molar-refractivity contribution in [2.24, 2.45) is 0 Å². The lowest BCUT2D eigenvalue weighted by Gasteiger charge is -2.33. The number of unbranched alkanes of at least 4 members (excludes halogenated alkanes) is 1. The van der Waals surface area contributed by atoms with E-state index in [0.717, 1.165) is 12.8 Å². The number of amides is 2. The maximum absolute atomic E-state index is 13.3. The highest BCUT2D eigenvalue weighted by Gasteiger charge is 2.40. The van der Waals surface area contributed by atoms with Gasteiger partial charge >= 0.3 is 22.4 Å². The number of fused-ring (bicyclic) bond motifs is 1. The molecule has 2 aromatic rings. The highest BCUT2D eigenvalue weighted by Crippen LogP contribution is 2.37. The van der Waals surface area contributed by atoms with Crippen LogP contribution in [-0.4, -0.2) is 54.8 Å². The number of carboxylic acid groups (broad SMARTS) is 2. The Morgan fingerprint density at radius 1 is 1.14 bits per heavy atom. The molecule has 1 aliphatic rings. The van der Waals surface area contributed by atoms with E-state index in [1.165, 1.54) is 24.3 Å². The molecule has 35 heavy (non-hydrogen) atoms. The first-order chi connectivity index (χ1) is 16.3. The summed E-state index contributed by atoms with van der Waals surface area (Å²) in [6.45, 7) is 3.84. The van der Waals surface area contributed by atoms with E-state index in [9.17, 15) is 26.4 Å². The summed E-state index contributed by atoms with van der Waals surface area (Å²) in [5.41, 5.74) is 0.133. The SMILES string of the molecule is CCCCC1(C)CS(=O)(=O)c2ccccc2[C@@H](c2cccc(NS(=O)(=O)N(C(=O)O)C(=O)O)c2)N1. The molecule has 1 heterocycles. The molecule has 0 bridgehead atoms. The molecule has 1 aliphatic heterocycles. The van der Waals surface area contributed by atoms with Gasteiger partial charge in [0.1, 0.15) is 0 Å². The van der Waals surface area contributed by atoms with Crippen molar-refractivity contribution in [2.45, 2.75) is 49.6 Å². The molecule has 0 aliphatic carbocycles. The number of hydrogen-bond acceptors (Lipinski definition) is 7. The average molecular weight is 526 g/mol. The predicted molar refractivity (Wildman–Crippen MR) is 128 cm³/mol. The van der Waals surface area contributed by atoms with Crippen molar-refractivity contribution in [1.82, 2.24) is 9.62 Å². The molecule has 0 spiro atoms. The van der Waals surface area contributed by atoms with Gasteiger partial charge in [-0.15, -0.1) is 0 Å². The molecule has 0 saturated heterocycles. The predicted octanol–water partition coefficient (Wildman–Crippen LogP) is 3.42. The van der Waals surface area contributed by atoms with Crippen LogP contribution < -0.4 is 10.0 Å². The van der Waals surface area contributed by atoms with Crippen LogP contribution >= 0.6 is 0 Å². The second kappa shape index (κ2) is 9.84. The molecular formula is C22H27N3O8S2. The Labute approximate surface area is 203 Å². The van der Waals surface area contributed by atoms with Crippen molar-refractivity contribution in [3.8, 4) is 0 Å². The van der Waals surface area contributed by atoms with Crippen LogP contribution in [0.2, 0.25) is 0 Å². The molecule has 11 nitrogen and oxygen atoms in total. The summed E-state index contributed by atoms with van der Waals surface area (Å²) < 4.78 is 52.5. The molecule has 0 radical (unpaired) electrons. The van der Waals surface area contributed by atoms with Gasteiger partial charge in [0.2, 0.25) is 0 Å². The lowest BCUT2D eigenvalue weighted by molar-refractivity contribution is 0.149. The van der Waals surface area contributed by atoms with Gasteiger partial charge in [-0.1, -0.05) is 54.4 Å². The van der Waals surface area contributed by atoms with Crippen LogP contribution in [0.1, 0.15) is 50.3 Å². The number of nitrogens with zero attached hydrogens (tertiary/aromatic N) is 1. The minimum Gasteiger partial charge on any atom is -0.464 e. The smallest absolute Gasteiger partial charge is 0.432 e. The number of rotatable bonds is 7. The summed E-state index contributed by atoms with van der Waals surface area (Å²) in [7, 11) is -8.61. The Bertz CT molecular complexity index is 1330. The lowest BCUT2D eigenvalue weighted by Crippen LogP contribution is -2.48. The van der Waals surface area contributed by atoms with Gasteiger partial charge in [0.05, 0.1) is 22.4 Å². The van der Waals surface area contributed by atoms with Crippen molar-refractivity contribution >= 4 is 37.9 Å². The molecule has 2 aromatic carbocycles. The van der Waals surface area contributed by atoms with E-state index >= 15 is 0 Å². The van der Waals surface area contributed by atoms with Gasteiger partial charge in [-0.25, -0.2) is 18.0 Å². The van der Waals surface area contributed by atoms with Crippen molar-refractivity contribution < 1.29 is 36.6 Å². The van der Waals surface area contributed by atoms with Crippen LogP contribution in [0, 0.1) is 0 Å². The van der Waals surface area contributed by atoms with E-state index in [4.69, 9.17) is 10.2 Å². The maximum atomic E-state index is 13.3. The highest BCUT2D eigenvalue weighted by atomic mass is 32.2. The number of anilines is 1. The van der Waals surface area contributed by atoms with Crippen molar-refractivity contribution in [3.05, 3.63) is 59.7 Å². The summed E-state index contributed by atoms with van der Waals surface area (Å²) in [4.78, 5) is 22.5. The summed E-state index contributed by atoms with van der Waals surface area (Å²) in [5, 5.41) is 21.4. The molecule has 0 saturated carbocycles. The van der Waals surface area contributed by atoms with Gasteiger partial charge in [0.15, 0.2) is 9.84 Å². The fourth-order valence-corrected chi connectivity index (χ4v) is 7.19. The molecule has 1 unspecified atom stereocenters. The van der Waals surface area contributed by atoms with Gasteiger partial charge in [0.25, 0.3) is 0 Å². The number of hydrogen-bond donors (Lipinski definition) is 4. The standard InChI is InChI=1S/C22H27N3O8S2/c1-3-4-12-22(2)14-34(30,31)18-11-6-5-10-17(18)19(23-22)15-8-7-9-16(13-15)24-35(32,33)25(20(26)27)21(28)29/h5-11,13,19,23-24H,3-4,12,14H2,1-2H3,(H,26,27)(H,28,29)/t19-,22?/m1/s1. The van der Waals surface area contributed by atoms with E-state index < -0.39 is 48.1 Å². The first kappa shape index (κ1) is 26.4. The van der Waals surface area contributed by atoms with E-state index in [2.05, 4.69) is 5.32 Å². The van der Waals surface area contributed by atoms with Crippen molar-refractivity contribution in [3.63, 3.8) is 0 Å². The Morgan fingerprint density at radius 2 is 1.80 bits per heavy atom. The molecule has 0 aromatic heterocycles. The van der Waals surface area contributed by atoms with E-state index in [1.54, 1.807) is 24.3 Å². The summed E-state index contributed by atoms with van der Waals surface area (Å²) in [6, 6.07) is 11.9. The molecule has 2 atom stereocenters. The quantitative estimate of drug-likeness (QED) is 0.423. The van der Waals surface area contributed by atoms with E-state index in [-0.39, 0.29) is 16.3 Å². The minimum absolute atomic E-state index is 0.0864. The molecular weight excluding hydrogens is 498 g/mol. The first-order valence-corrected chi connectivity index (χ1v) is 13.9. The third kappa shape index (κ3) is 5.74. The second-order valence-electron chi connectivity index (χ2n) is 8.60. The Hall–Kier alpha value is -3.16. The van der Waals surface area contributed by atoms with Crippen LogP contribution in [-0.2, 0) is 20.0 Å². The fraction of sp³-hybridized carbons (Fsp3) is 0.364. The van der Waals surface area contributed by atoms with Gasteiger partial charge in [-0.3, -0.25) is 10.0 Å². The second-order valence-corrected chi connectivity index (χ2v) is 12.1. The fourth-order valence-electron chi connectivity index (χ4n) is 4.21. The van der Waals surface area contributed by atoms with Crippen molar-refractivity contribution in [2.75, 3.05) is 10.5 Å². The van der Waals surface area contributed by atoms with Crippen LogP contribution in [0.4, 0.5) is 15.3 Å². The van der Waals surface area contributed by atoms with E-state index in [0.29, 0.717) is 17.5 Å². The van der Waals surface area contributed by atoms with Crippen LogP contribution in [0.5, 0.6) is 0 Å². The minimum atomic E-state index is -4.97. The van der Waals surface area contributed by atoms with Gasteiger partial charge in [-0.05, 0) is 42.7 Å². The number of imide groups is 1. The highest BCUT2D eigenvalue weighted by molar-refractivity contribution is 7.91. The Balaban J connectivity index is 2.08. The Morgan fingerprint density at radius 3 is 2.43 bits per heavy atom. The zero-order valence-corrected chi connectivity index (χ0v) is 20.8. The number of benzene rings is 2.